The summed E-state index contributed by atoms with van der Waals surface area (Å²) in [5, 5.41) is 26.3. The van der Waals surface area contributed by atoms with Gasteiger partial charge in [-0.05, 0) is 54.9 Å². The second-order valence-corrected chi connectivity index (χ2v) is 14.2. The molecule has 3 aliphatic carbocycles. The minimum Gasteiger partial charge on any atom is -0.508 e. The highest BCUT2D eigenvalue weighted by molar-refractivity contribution is 5.94. The first-order valence-corrected chi connectivity index (χ1v) is 17.5. The number of phenolic OH excluding ortho intramolecular Hbond substituents is 1. The Hall–Kier alpha value is -3.81. The third-order valence-corrected chi connectivity index (χ3v) is 10.9. The summed E-state index contributed by atoms with van der Waals surface area (Å²) < 4.78 is 19.8. The molecule has 2 amide bonds. The molecule has 0 spiro atoms. The molecule has 49 heavy (non-hydrogen) atoms. The molecule has 4 N–H and O–H groups in total. The molecule has 6 fully saturated rings. The summed E-state index contributed by atoms with van der Waals surface area (Å²) in [5.74, 6) is -1.14. The maximum atomic E-state index is 14.4. The molecule has 12 nitrogen and oxygen atoms in total. The van der Waals surface area contributed by atoms with Crippen LogP contribution in [0.2, 0.25) is 0 Å². The largest absolute Gasteiger partial charge is 0.508 e. The van der Waals surface area contributed by atoms with E-state index in [-0.39, 0.29) is 68.5 Å². The predicted molar refractivity (Wildman–Crippen MR) is 174 cm³/mol. The molecule has 3 heterocycles. The molecule has 3 saturated carbocycles. The van der Waals surface area contributed by atoms with Crippen molar-refractivity contribution in [3.8, 4) is 5.75 Å². The number of hydrogen-bond donors (Lipinski definition) is 4. The number of para-hydroxylation sites is 1. The van der Waals surface area contributed by atoms with E-state index in [0.29, 0.717) is 6.42 Å². The SMILES string of the molecule is O=C(CCNC(=O)C12CC3OC(=O)C1N(Cc1cccc(C=CCc4ccccc4O)c1)OC2C1OC(C2CC2)(C2CC2)OC31)NCCO. The van der Waals surface area contributed by atoms with Crippen molar-refractivity contribution in [1.29, 1.82) is 0 Å². The van der Waals surface area contributed by atoms with Crippen LogP contribution in [0.5, 0.6) is 5.75 Å². The van der Waals surface area contributed by atoms with Crippen molar-refractivity contribution >= 4 is 23.9 Å². The Labute approximate surface area is 284 Å². The molecule has 3 aliphatic heterocycles. The fourth-order valence-electron chi connectivity index (χ4n) is 8.38. The quantitative estimate of drug-likeness (QED) is 0.233. The number of carbonyl (C=O) groups excluding carboxylic acids is 3. The Morgan fingerprint density at radius 1 is 0.980 bits per heavy atom. The number of ether oxygens (including phenoxy) is 3. The van der Waals surface area contributed by atoms with E-state index in [1.807, 2.05) is 48.6 Å². The first kappa shape index (κ1) is 32.4. The van der Waals surface area contributed by atoms with Crippen LogP contribution >= 0.6 is 0 Å². The fourth-order valence-corrected chi connectivity index (χ4v) is 8.38. The first-order chi connectivity index (χ1) is 23.8. The lowest BCUT2D eigenvalue weighted by Crippen LogP contribution is -2.69. The van der Waals surface area contributed by atoms with E-state index in [4.69, 9.17) is 24.2 Å². The van der Waals surface area contributed by atoms with Crippen LogP contribution in [-0.4, -0.2) is 89.0 Å². The topological polar surface area (TPSA) is 156 Å². The third-order valence-electron chi connectivity index (χ3n) is 10.9. The van der Waals surface area contributed by atoms with Gasteiger partial charge in [0.2, 0.25) is 11.8 Å². The molecule has 0 aromatic heterocycles. The molecule has 0 radical (unpaired) electrons. The highest BCUT2D eigenvalue weighted by atomic mass is 16.8. The fraction of sp³-hybridized carbons (Fsp3) is 0.541. The smallest absolute Gasteiger partial charge is 0.327 e. The zero-order chi connectivity index (χ0) is 33.8. The summed E-state index contributed by atoms with van der Waals surface area (Å²) in [6.45, 7) is 0.239. The number of rotatable bonds is 13. The van der Waals surface area contributed by atoms with Crippen molar-refractivity contribution < 1.29 is 43.6 Å². The summed E-state index contributed by atoms with van der Waals surface area (Å²) in [7, 11) is 0. The molecule has 12 heteroatoms. The van der Waals surface area contributed by atoms with Crippen LogP contribution in [0.15, 0.2) is 54.6 Å². The van der Waals surface area contributed by atoms with Crippen LogP contribution < -0.4 is 10.6 Å². The monoisotopic (exact) mass is 673 g/mol. The van der Waals surface area contributed by atoms with E-state index in [0.717, 1.165) is 42.4 Å². The predicted octanol–water partition coefficient (Wildman–Crippen LogP) is 2.36. The van der Waals surface area contributed by atoms with Crippen LogP contribution in [0.3, 0.4) is 0 Å². The standard InChI is InChI=1S/C37H43N3O9/c41-18-17-38-29(43)15-16-39-35(45)36-20-28-30-31(48-37(47-30,25-11-12-25)26-13-14-26)33(36)49-40(32(36)34(44)46-28)21-23-7-3-5-22(19-23)6-4-9-24-8-1-2-10-27(24)42/h1-8,10,19,25-26,28,30-33,41-42H,9,11-18,20-21H2,(H,38,43)(H,39,45). The summed E-state index contributed by atoms with van der Waals surface area (Å²) in [5.41, 5.74) is 1.33. The highest BCUT2D eigenvalue weighted by Crippen LogP contribution is 2.63. The number of hydrogen-bond acceptors (Lipinski definition) is 10. The Balaban J connectivity index is 1.06. The molecule has 2 bridgehead atoms. The van der Waals surface area contributed by atoms with Gasteiger partial charge in [0.1, 0.15) is 35.6 Å². The number of hydroxylamine groups is 2. The highest BCUT2D eigenvalue weighted by Gasteiger charge is 2.78. The van der Waals surface area contributed by atoms with Gasteiger partial charge in [0.25, 0.3) is 0 Å². The number of nitrogens with zero attached hydrogens (tertiary/aromatic N) is 1. The van der Waals surface area contributed by atoms with E-state index < -0.39 is 47.6 Å². The maximum absolute atomic E-state index is 14.4. The van der Waals surface area contributed by atoms with Crippen molar-refractivity contribution in [1.82, 2.24) is 15.7 Å². The normalized spacial score (nSPS) is 31.4. The van der Waals surface area contributed by atoms with Crippen molar-refractivity contribution in [3.05, 3.63) is 71.3 Å². The van der Waals surface area contributed by atoms with Gasteiger partial charge in [-0.15, -0.1) is 0 Å². The number of aromatic hydroxyl groups is 1. The number of amides is 2. The lowest BCUT2D eigenvalue weighted by atomic mass is 9.62. The van der Waals surface area contributed by atoms with E-state index in [2.05, 4.69) is 10.6 Å². The second-order valence-electron chi connectivity index (χ2n) is 14.2. The van der Waals surface area contributed by atoms with Gasteiger partial charge in [-0.3, -0.25) is 19.2 Å². The minimum absolute atomic E-state index is 0.0257. The summed E-state index contributed by atoms with van der Waals surface area (Å²) >= 11 is 0. The maximum Gasteiger partial charge on any atom is 0.327 e. The van der Waals surface area contributed by atoms with Crippen molar-refractivity contribution in [3.63, 3.8) is 0 Å². The van der Waals surface area contributed by atoms with E-state index in [9.17, 15) is 19.5 Å². The van der Waals surface area contributed by atoms with Gasteiger partial charge in [0.05, 0.1) is 13.2 Å². The summed E-state index contributed by atoms with van der Waals surface area (Å²) in [6.07, 6.45) is 6.23. The lowest BCUT2D eigenvalue weighted by molar-refractivity contribution is -0.235. The number of aliphatic hydroxyl groups is 1. The van der Waals surface area contributed by atoms with Crippen LogP contribution in [0.4, 0.5) is 0 Å². The number of benzene rings is 2. The number of aliphatic hydroxyl groups excluding tert-OH is 1. The molecule has 3 saturated heterocycles. The Bertz CT molecular complexity index is 1630. The minimum atomic E-state index is -1.31. The Morgan fingerprint density at radius 2 is 1.76 bits per heavy atom. The van der Waals surface area contributed by atoms with Gasteiger partial charge in [-0.1, -0.05) is 54.6 Å². The molecule has 6 aliphatic rings. The van der Waals surface area contributed by atoms with Crippen molar-refractivity contribution in [2.45, 2.75) is 87.7 Å². The number of carbonyl (C=O) groups is 3. The van der Waals surface area contributed by atoms with E-state index in [1.165, 1.54) is 0 Å². The molecule has 2 aromatic rings. The Morgan fingerprint density at radius 3 is 2.51 bits per heavy atom. The van der Waals surface area contributed by atoms with Gasteiger partial charge < -0.3 is 35.1 Å². The molecule has 8 rings (SSSR count). The lowest BCUT2D eigenvalue weighted by Gasteiger charge is -2.48. The molecule has 2 aromatic carbocycles. The number of fused-ring (bicyclic) bond motifs is 4. The molecule has 260 valence electrons. The second kappa shape index (κ2) is 12.8. The zero-order valence-electron chi connectivity index (χ0n) is 27.3. The third kappa shape index (κ3) is 5.83. The van der Waals surface area contributed by atoms with Crippen LogP contribution in [-0.2, 0) is 46.4 Å². The van der Waals surface area contributed by atoms with E-state index >= 15 is 0 Å². The molecule has 6 atom stereocenters. The van der Waals surface area contributed by atoms with Gasteiger partial charge in [0, 0.05) is 37.8 Å². The first-order valence-electron chi connectivity index (χ1n) is 17.5. The van der Waals surface area contributed by atoms with Gasteiger partial charge in [0.15, 0.2) is 11.8 Å². The number of phenols is 1. The van der Waals surface area contributed by atoms with Crippen molar-refractivity contribution in [2.75, 3.05) is 19.7 Å². The van der Waals surface area contributed by atoms with Crippen LogP contribution in [0, 0.1) is 17.3 Å². The average molecular weight is 674 g/mol. The van der Waals surface area contributed by atoms with Gasteiger partial charge in [-0.25, -0.2) is 0 Å². The van der Waals surface area contributed by atoms with Crippen LogP contribution in [0.25, 0.3) is 6.08 Å². The van der Waals surface area contributed by atoms with Crippen molar-refractivity contribution in [2.24, 2.45) is 17.3 Å². The summed E-state index contributed by atoms with van der Waals surface area (Å²) in [6, 6.07) is 14.1. The average Bonchev–Trinajstić information content (AvgIpc) is 4.04. The van der Waals surface area contributed by atoms with Gasteiger partial charge >= 0.3 is 5.97 Å². The number of allylic oxidation sites excluding steroid dienone is 1. The van der Waals surface area contributed by atoms with E-state index in [1.54, 1.807) is 17.2 Å². The zero-order valence-corrected chi connectivity index (χ0v) is 27.3. The molecular weight excluding hydrogens is 630 g/mol. The number of esters is 1. The molecular formula is C37H43N3O9. The Kier molecular flexibility index (Phi) is 8.48. The van der Waals surface area contributed by atoms with Gasteiger partial charge in [-0.2, -0.15) is 5.06 Å². The molecule has 6 unspecified atom stereocenters. The van der Waals surface area contributed by atoms with Crippen LogP contribution in [0.1, 0.15) is 55.2 Å². The number of nitrogens with one attached hydrogen (secondary N) is 2. The summed E-state index contributed by atoms with van der Waals surface area (Å²) in [4.78, 5) is 47.2.